The molecule has 0 saturated heterocycles. The molecule has 1 N–H and O–H groups in total. The van der Waals surface area contributed by atoms with Gasteiger partial charge in [-0.2, -0.15) is 0 Å². The molecule has 4 rings (SSSR count). The zero-order valence-electron chi connectivity index (χ0n) is 18.8. The minimum absolute atomic E-state index is 0.0427. The number of phenolic OH excluding ortho intramolecular Hbond substituents is 1. The number of hydrogen-bond acceptors (Lipinski definition) is 3. The molecule has 0 atom stereocenters. The molecule has 0 aliphatic heterocycles. The highest BCUT2D eigenvalue weighted by molar-refractivity contribution is 5.66. The third kappa shape index (κ3) is 5.66. The van der Waals surface area contributed by atoms with Crippen LogP contribution in [0.2, 0.25) is 0 Å². The summed E-state index contributed by atoms with van der Waals surface area (Å²) < 4.78 is 54.6. The summed E-state index contributed by atoms with van der Waals surface area (Å²) >= 11 is 0. The molecule has 6 heteroatoms. The SMILES string of the molecule is C=CCCOc1ccc(-c2ccc(OCc3ccc(-c4ccc(O)cc4)c(F)c3F)cc2)cc1F. The molecule has 0 aliphatic carbocycles. The summed E-state index contributed by atoms with van der Waals surface area (Å²) in [5.41, 5.74) is 2.06. The molecule has 0 spiro atoms. The van der Waals surface area contributed by atoms with E-state index in [4.69, 9.17) is 9.47 Å². The number of rotatable bonds is 9. The van der Waals surface area contributed by atoms with Gasteiger partial charge in [-0.3, -0.25) is 0 Å². The lowest BCUT2D eigenvalue weighted by Gasteiger charge is -2.11. The Bertz CT molecular complexity index is 1320. The molecule has 35 heavy (non-hydrogen) atoms. The maximum Gasteiger partial charge on any atom is 0.167 e. The van der Waals surface area contributed by atoms with Crippen molar-refractivity contribution in [3.05, 3.63) is 115 Å². The topological polar surface area (TPSA) is 38.7 Å². The van der Waals surface area contributed by atoms with Gasteiger partial charge in [0.1, 0.15) is 18.1 Å². The van der Waals surface area contributed by atoms with Gasteiger partial charge in [-0.15, -0.1) is 6.58 Å². The molecule has 0 aromatic heterocycles. The Morgan fingerprint density at radius 2 is 1.43 bits per heavy atom. The van der Waals surface area contributed by atoms with E-state index in [1.807, 2.05) is 0 Å². The van der Waals surface area contributed by atoms with Crippen LogP contribution in [-0.2, 0) is 6.61 Å². The first-order chi connectivity index (χ1) is 17.0. The third-order valence-electron chi connectivity index (χ3n) is 5.43. The van der Waals surface area contributed by atoms with Crippen molar-refractivity contribution in [2.75, 3.05) is 6.61 Å². The van der Waals surface area contributed by atoms with Crippen LogP contribution < -0.4 is 9.47 Å². The summed E-state index contributed by atoms with van der Waals surface area (Å²) in [6, 6.07) is 20.4. The summed E-state index contributed by atoms with van der Waals surface area (Å²) in [4.78, 5) is 0. The van der Waals surface area contributed by atoms with Crippen molar-refractivity contribution < 1.29 is 27.8 Å². The molecular weight excluding hydrogens is 453 g/mol. The first kappa shape index (κ1) is 24.0. The van der Waals surface area contributed by atoms with Crippen LogP contribution in [-0.4, -0.2) is 11.7 Å². The van der Waals surface area contributed by atoms with Crippen LogP contribution in [0.25, 0.3) is 22.3 Å². The molecular formula is C29H23F3O3. The summed E-state index contributed by atoms with van der Waals surface area (Å²) in [7, 11) is 0. The molecule has 0 amide bonds. The predicted molar refractivity (Wildman–Crippen MR) is 130 cm³/mol. The Kier molecular flexibility index (Phi) is 7.41. The molecule has 4 aromatic rings. The van der Waals surface area contributed by atoms with E-state index in [0.29, 0.717) is 29.9 Å². The zero-order chi connectivity index (χ0) is 24.8. The molecule has 3 nitrogen and oxygen atoms in total. The van der Waals surface area contributed by atoms with Crippen LogP contribution in [0.15, 0.2) is 91.5 Å². The van der Waals surface area contributed by atoms with Gasteiger partial charge < -0.3 is 14.6 Å². The van der Waals surface area contributed by atoms with E-state index in [0.717, 1.165) is 5.56 Å². The third-order valence-corrected chi connectivity index (χ3v) is 5.43. The summed E-state index contributed by atoms with van der Waals surface area (Å²) in [6.45, 7) is 3.80. The van der Waals surface area contributed by atoms with Gasteiger partial charge in [-0.25, -0.2) is 13.2 Å². The number of phenols is 1. The highest BCUT2D eigenvalue weighted by Crippen LogP contribution is 2.30. The fourth-order valence-electron chi connectivity index (χ4n) is 3.52. The standard InChI is InChI=1S/C29H23F3O3/c1-2-3-16-34-27-15-9-21(17-26(27)30)19-6-12-24(13-7-19)35-18-22-8-14-25(29(32)28(22)31)20-4-10-23(33)11-5-20/h2,4-15,17,33H,1,3,16,18H2. The monoisotopic (exact) mass is 476 g/mol. The van der Waals surface area contributed by atoms with Crippen molar-refractivity contribution in [1.29, 1.82) is 0 Å². The van der Waals surface area contributed by atoms with Gasteiger partial charge in [0.2, 0.25) is 0 Å². The summed E-state index contributed by atoms with van der Waals surface area (Å²) in [5.74, 6) is -1.74. The summed E-state index contributed by atoms with van der Waals surface area (Å²) in [5, 5.41) is 9.38. The highest BCUT2D eigenvalue weighted by Gasteiger charge is 2.15. The Morgan fingerprint density at radius 3 is 2.11 bits per heavy atom. The normalized spacial score (nSPS) is 10.7. The molecule has 0 heterocycles. The second-order valence-electron chi connectivity index (χ2n) is 7.83. The van der Waals surface area contributed by atoms with Gasteiger partial charge in [0.15, 0.2) is 23.2 Å². The molecule has 0 unspecified atom stereocenters. The van der Waals surface area contributed by atoms with E-state index in [2.05, 4.69) is 6.58 Å². The average Bonchev–Trinajstić information content (AvgIpc) is 2.87. The lowest BCUT2D eigenvalue weighted by molar-refractivity contribution is 0.297. The lowest BCUT2D eigenvalue weighted by atomic mass is 10.0. The van der Waals surface area contributed by atoms with E-state index in [1.165, 1.54) is 42.5 Å². The Hall–Kier alpha value is -4.19. The molecule has 0 fully saturated rings. The molecule has 0 radical (unpaired) electrons. The lowest BCUT2D eigenvalue weighted by Crippen LogP contribution is -2.02. The van der Waals surface area contributed by atoms with E-state index < -0.39 is 17.5 Å². The Morgan fingerprint density at radius 1 is 0.743 bits per heavy atom. The zero-order valence-corrected chi connectivity index (χ0v) is 18.8. The second kappa shape index (κ2) is 10.8. The van der Waals surface area contributed by atoms with Gasteiger partial charge in [-0.1, -0.05) is 48.5 Å². The van der Waals surface area contributed by atoms with Crippen LogP contribution >= 0.6 is 0 Å². The van der Waals surface area contributed by atoms with Crippen LogP contribution in [0, 0.1) is 17.5 Å². The first-order valence-electron chi connectivity index (χ1n) is 11.0. The van der Waals surface area contributed by atoms with Crippen LogP contribution in [0.3, 0.4) is 0 Å². The largest absolute Gasteiger partial charge is 0.508 e. The number of benzene rings is 4. The van der Waals surface area contributed by atoms with E-state index >= 15 is 0 Å². The molecule has 4 aromatic carbocycles. The number of ether oxygens (including phenoxy) is 2. The minimum Gasteiger partial charge on any atom is -0.508 e. The Labute approximate surface area is 201 Å². The van der Waals surface area contributed by atoms with Crippen molar-refractivity contribution in [3.8, 4) is 39.5 Å². The van der Waals surface area contributed by atoms with Gasteiger partial charge in [0.05, 0.1) is 6.61 Å². The number of aromatic hydroxyl groups is 1. The first-order valence-corrected chi connectivity index (χ1v) is 11.0. The van der Waals surface area contributed by atoms with Gasteiger partial charge in [0, 0.05) is 11.1 Å². The smallest absolute Gasteiger partial charge is 0.167 e. The van der Waals surface area contributed by atoms with Gasteiger partial charge in [0.25, 0.3) is 0 Å². The fraction of sp³-hybridized carbons (Fsp3) is 0.103. The maximum absolute atomic E-state index is 14.6. The molecule has 0 saturated carbocycles. The highest BCUT2D eigenvalue weighted by atomic mass is 19.2. The van der Waals surface area contributed by atoms with Crippen molar-refractivity contribution in [1.82, 2.24) is 0 Å². The molecule has 0 aliphatic rings. The van der Waals surface area contributed by atoms with Crippen LogP contribution in [0.5, 0.6) is 17.2 Å². The predicted octanol–water partition coefficient (Wildman–Crippen LogP) is 7.68. The van der Waals surface area contributed by atoms with Crippen molar-refractivity contribution in [2.24, 2.45) is 0 Å². The van der Waals surface area contributed by atoms with E-state index in [9.17, 15) is 18.3 Å². The second-order valence-corrected chi connectivity index (χ2v) is 7.83. The Balaban J connectivity index is 1.42. The summed E-state index contributed by atoms with van der Waals surface area (Å²) in [6.07, 6.45) is 2.33. The van der Waals surface area contributed by atoms with Crippen molar-refractivity contribution >= 4 is 0 Å². The number of hydrogen-bond donors (Lipinski definition) is 1. The van der Waals surface area contributed by atoms with E-state index in [-0.39, 0.29) is 29.2 Å². The average molecular weight is 476 g/mol. The van der Waals surface area contributed by atoms with Crippen LogP contribution in [0.1, 0.15) is 12.0 Å². The maximum atomic E-state index is 14.6. The molecule has 0 bridgehead atoms. The molecule has 178 valence electrons. The number of halogens is 3. The van der Waals surface area contributed by atoms with Crippen molar-refractivity contribution in [2.45, 2.75) is 13.0 Å². The van der Waals surface area contributed by atoms with Crippen LogP contribution in [0.4, 0.5) is 13.2 Å². The minimum atomic E-state index is -0.988. The van der Waals surface area contributed by atoms with Gasteiger partial charge >= 0.3 is 0 Å². The van der Waals surface area contributed by atoms with E-state index in [1.54, 1.807) is 42.5 Å². The quantitative estimate of drug-likeness (QED) is 0.199. The van der Waals surface area contributed by atoms with Gasteiger partial charge in [-0.05, 0) is 59.5 Å². The van der Waals surface area contributed by atoms with Crippen molar-refractivity contribution in [3.63, 3.8) is 0 Å². The fourth-order valence-corrected chi connectivity index (χ4v) is 3.52.